The summed E-state index contributed by atoms with van der Waals surface area (Å²) >= 11 is 0. The SMILES string of the molecule is CCCCCC(C)(C)CNCc1ccnc(C)n1. The van der Waals surface area contributed by atoms with Crippen LogP contribution in [0.5, 0.6) is 0 Å². The van der Waals surface area contributed by atoms with E-state index in [9.17, 15) is 0 Å². The Morgan fingerprint density at radius 3 is 2.72 bits per heavy atom. The van der Waals surface area contributed by atoms with E-state index in [0.29, 0.717) is 5.41 Å². The topological polar surface area (TPSA) is 37.8 Å². The van der Waals surface area contributed by atoms with E-state index in [2.05, 4.69) is 36.1 Å². The van der Waals surface area contributed by atoms with Gasteiger partial charge in [0.15, 0.2) is 0 Å². The van der Waals surface area contributed by atoms with Crippen molar-refractivity contribution in [1.29, 1.82) is 0 Å². The van der Waals surface area contributed by atoms with E-state index in [-0.39, 0.29) is 0 Å². The molecule has 1 N–H and O–H groups in total. The summed E-state index contributed by atoms with van der Waals surface area (Å²) in [5, 5.41) is 3.51. The maximum absolute atomic E-state index is 4.39. The summed E-state index contributed by atoms with van der Waals surface area (Å²) in [5.41, 5.74) is 1.45. The van der Waals surface area contributed by atoms with Gasteiger partial charge in [-0.1, -0.05) is 40.0 Å². The third-order valence-corrected chi connectivity index (χ3v) is 3.20. The molecule has 1 rings (SSSR count). The Balaban J connectivity index is 2.27. The first-order valence-corrected chi connectivity index (χ1v) is 7.03. The van der Waals surface area contributed by atoms with Gasteiger partial charge in [0.25, 0.3) is 0 Å². The van der Waals surface area contributed by atoms with Crippen LogP contribution < -0.4 is 5.32 Å². The minimum atomic E-state index is 0.372. The van der Waals surface area contributed by atoms with Crippen molar-refractivity contribution in [1.82, 2.24) is 15.3 Å². The molecule has 1 aromatic heterocycles. The summed E-state index contributed by atoms with van der Waals surface area (Å²) in [4.78, 5) is 8.50. The largest absolute Gasteiger partial charge is 0.311 e. The molecule has 0 unspecified atom stereocenters. The molecule has 1 heterocycles. The van der Waals surface area contributed by atoms with E-state index < -0.39 is 0 Å². The van der Waals surface area contributed by atoms with Crippen LogP contribution in [0.15, 0.2) is 12.3 Å². The maximum Gasteiger partial charge on any atom is 0.125 e. The number of aromatic nitrogens is 2. The van der Waals surface area contributed by atoms with E-state index in [0.717, 1.165) is 24.6 Å². The molecular weight excluding hydrogens is 222 g/mol. The second-order valence-corrected chi connectivity index (χ2v) is 5.82. The molecule has 3 nitrogen and oxygen atoms in total. The first-order valence-electron chi connectivity index (χ1n) is 7.03. The third kappa shape index (κ3) is 6.10. The van der Waals surface area contributed by atoms with Gasteiger partial charge in [0.1, 0.15) is 5.82 Å². The Labute approximate surface area is 111 Å². The van der Waals surface area contributed by atoms with Crippen LogP contribution >= 0.6 is 0 Å². The molecule has 0 aliphatic carbocycles. The fraction of sp³-hybridized carbons (Fsp3) is 0.733. The number of aryl methyl sites for hydroxylation is 1. The summed E-state index contributed by atoms with van der Waals surface area (Å²) in [6.45, 7) is 10.7. The van der Waals surface area contributed by atoms with Crippen molar-refractivity contribution < 1.29 is 0 Å². The van der Waals surface area contributed by atoms with E-state index >= 15 is 0 Å². The molecule has 0 aliphatic rings. The normalized spacial score (nSPS) is 11.8. The van der Waals surface area contributed by atoms with Gasteiger partial charge in [-0.05, 0) is 24.8 Å². The zero-order chi connectivity index (χ0) is 13.4. The summed E-state index contributed by atoms with van der Waals surface area (Å²) < 4.78 is 0. The molecular formula is C15H27N3. The molecule has 0 spiro atoms. The van der Waals surface area contributed by atoms with Crippen LogP contribution in [0, 0.1) is 12.3 Å². The Bertz CT molecular complexity index is 347. The van der Waals surface area contributed by atoms with Crippen molar-refractivity contribution in [2.45, 2.75) is 59.9 Å². The van der Waals surface area contributed by atoms with Crippen molar-refractivity contribution in [3.8, 4) is 0 Å². The smallest absolute Gasteiger partial charge is 0.125 e. The van der Waals surface area contributed by atoms with Gasteiger partial charge in [0, 0.05) is 19.3 Å². The maximum atomic E-state index is 4.39. The van der Waals surface area contributed by atoms with Crippen LogP contribution in [0.25, 0.3) is 0 Å². The Morgan fingerprint density at radius 2 is 2.06 bits per heavy atom. The molecule has 0 amide bonds. The summed E-state index contributed by atoms with van der Waals surface area (Å²) in [5.74, 6) is 0.844. The number of hydrogen-bond donors (Lipinski definition) is 1. The molecule has 0 saturated heterocycles. The lowest BCUT2D eigenvalue weighted by Crippen LogP contribution is -2.29. The lowest BCUT2D eigenvalue weighted by atomic mass is 9.87. The molecule has 1 aromatic rings. The number of rotatable bonds is 8. The highest BCUT2D eigenvalue weighted by Crippen LogP contribution is 2.22. The molecule has 3 heteroatoms. The fourth-order valence-electron chi connectivity index (χ4n) is 2.07. The number of nitrogens with zero attached hydrogens (tertiary/aromatic N) is 2. The molecule has 18 heavy (non-hydrogen) atoms. The van der Waals surface area contributed by atoms with Gasteiger partial charge in [-0.25, -0.2) is 9.97 Å². The van der Waals surface area contributed by atoms with E-state index in [1.54, 1.807) is 0 Å². The highest BCUT2D eigenvalue weighted by Gasteiger charge is 2.16. The lowest BCUT2D eigenvalue weighted by Gasteiger charge is -2.25. The average Bonchev–Trinajstić information content (AvgIpc) is 2.29. The van der Waals surface area contributed by atoms with Crippen LogP contribution in [-0.2, 0) is 6.54 Å². The number of nitrogens with one attached hydrogen (secondary N) is 1. The Morgan fingerprint density at radius 1 is 1.28 bits per heavy atom. The van der Waals surface area contributed by atoms with Crippen LogP contribution in [-0.4, -0.2) is 16.5 Å². The van der Waals surface area contributed by atoms with Crippen LogP contribution in [0.4, 0.5) is 0 Å². The molecule has 0 radical (unpaired) electrons. The van der Waals surface area contributed by atoms with Crippen LogP contribution in [0.3, 0.4) is 0 Å². The van der Waals surface area contributed by atoms with Gasteiger partial charge in [-0.15, -0.1) is 0 Å². The lowest BCUT2D eigenvalue weighted by molar-refractivity contribution is 0.301. The van der Waals surface area contributed by atoms with E-state index in [4.69, 9.17) is 0 Å². The molecule has 0 fully saturated rings. The summed E-state index contributed by atoms with van der Waals surface area (Å²) in [6, 6.07) is 1.98. The standard InChI is InChI=1S/C15H27N3/c1-5-6-7-9-15(3,4)12-16-11-14-8-10-17-13(2)18-14/h8,10,16H,5-7,9,11-12H2,1-4H3. The van der Waals surface area contributed by atoms with E-state index in [1.807, 2.05) is 19.2 Å². The van der Waals surface area contributed by atoms with Gasteiger partial charge < -0.3 is 5.32 Å². The highest BCUT2D eigenvalue weighted by atomic mass is 14.9. The third-order valence-electron chi connectivity index (χ3n) is 3.20. The molecule has 0 aromatic carbocycles. The minimum absolute atomic E-state index is 0.372. The molecule has 0 saturated carbocycles. The first-order chi connectivity index (χ1) is 8.53. The van der Waals surface area contributed by atoms with Crippen LogP contribution in [0.1, 0.15) is 58.0 Å². The van der Waals surface area contributed by atoms with E-state index in [1.165, 1.54) is 25.7 Å². The monoisotopic (exact) mass is 249 g/mol. The first kappa shape index (κ1) is 15.1. The molecule has 0 bridgehead atoms. The van der Waals surface area contributed by atoms with Gasteiger partial charge >= 0.3 is 0 Å². The van der Waals surface area contributed by atoms with Crippen molar-refractivity contribution in [3.63, 3.8) is 0 Å². The summed E-state index contributed by atoms with van der Waals surface area (Å²) in [7, 11) is 0. The quantitative estimate of drug-likeness (QED) is 0.717. The number of hydrogen-bond acceptors (Lipinski definition) is 3. The van der Waals surface area contributed by atoms with Gasteiger partial charge in [-0.2, -0.15) is 0 Å². The second-order valence-electron chi connectivity index (χ2n) is 5.82. The number of unbranched alkanes of at least 4 members (excludes halogenated alkanes) is 2. The van der Waals surface area contributed by atoms with Crippen LogP contribution in [0.2, 0.25) is 0 Å². The fourth-order valence-corrected chi connectivity index (χ4v) is 2.07. The Kier molecular flexibility index (Phi) is 6.27. The Hall–Kier alpha value is -0.960. The predicted octanol–water partition coefficient (Wildman–Crippen LogP) is 3.48. The van der Waals surface area contributed by atoms with Gasteiger partial charge in [0.2, 0.25) is 0 Å². The molecule has 0 aliphatic heterocycles. The van der Waals surface area contributed by atoms with Gasteiger partial charge in [0.05, 0.1) is 5.69 Å². The minimum Gasteiger partial charge on any atom is -0.311 e. The van der Waals surface area contributed by atoms with Crippen molar-refractivity contribution >= 4 is 0 Å². The second kappa shape index (κ2) is 7.47. The van der Waals surface area contributed by atoms with Crippen molar-refractivity contribution in [2.75, 3.05) is 6.54 Å². The average molecular weight is 249 g/mol. The van der Waals surface area contributed by atoms with Crippen molar-refractivity contribution in [3.05, 3.63) is 23.8 Å². The molecule has 102 valence electrons. The predicted molar refractivity (Wildman–Crippen MR) is 76.4 cm³/mol. The summed E-state index contributed by atoms with van der Waals surface area (Å²) in [6.07, 6.45) is 7.08. The van der Waals surface area contributed by atoms with Crippen molar-refractivity contribution in [2.24, 2.45) is 5.41 Å². The molecule has 0 atom stereocenters. The van der Waals surface area contributed by atoms with Gasteiger partial charge in [-0.3, -0.25) is 0 Å². The zero-order valence-electron chi connectivity index (χ0n) is 12.3. The zero-order valence-corrected chi connectivity index (χ0v) is 12.3. The highest BCUT2D eigenvalue weighted by molar-refractivity contribution is 5.01.